The van der Waals surface area contributed by atoms with Crippen molar-refractivity contribution in [3.8, 4) is 5.75 Å². The van der Waals surface area contributed by atoms with Gasteiger partial charge in [0.2, 0.25) is 10.0 Å². The highest BCUT2D eigenvalue weighted by Crippen LogP contribution is 2.23. The fraction of sp³-hybridized carbons (Fsp3) is 0.304. The third-order valence-electron chi connectivity index (χ3n) is 5.50. The van der Waals surface area contributed by atoms with Gasteiger partial charge in [0.1, 0.15) is 18.1 Å². The first kappa shape index (κ1) is 22.0. The van der Waals surface area contributed by atoms with Crippen molar-refractivity contribution in [2.45, 2.75) is 38.2 Å². The van der Waals surface area contributed by atoms with E-state index in [1.54, 1.807) is 36.4 Å². The monoisotopic (exact) mass is 455 g/mol. The molecule has 0 atom stereocenters. The molecule has 0 unspecified atom stereocenters. The molecule has 1 aliphatic heterocycles. The molecule has 0 bridgehead atoms. The summed E-state index contributed by atoms with van der Waals surface area (Å²) >= 11 is 0. The normalized spacial score (nSPS) is 14.4. The Balaban J connectivity index is 1.36. The highest BCUT2D eigenvalue weighted by Gasteiger charge is 2.26. The predicted octanol–water partition coefficient (Wildman–Crippen LogP) is 3.91. The minimum atomic E-state index is -3.47. The van der Waals surface area contributed by atoms with Gasteiger partial charge in [0.05, 0.1) is 16.2 Å². The molecule has 1 fully saturated rings. The first-order valence-electron chi connectivity index (χ1n) is 10.4. The van der Waals surface area contributed by atoms with E-state index in [4.69, 9.17) is 9.26 Å². The van der Waals surface area contributed by atoms with Gasteiger partial charge in [0, 0.05) is 24.3 Å². The molecule has 0 aliphatic carbocycles. The van der Waals surface area contributed by atoms with Crippen molar-refractivity contribution in [1.82, 2.24) is 9.46 Å². The summed E-state index contributed by atoms with van der Waals surface area (Å²) in [6, 6.07) is 13.0. The second-order valence-corrected chi connectivity index (χ2v) is 9.64. The van der Waals surface area contributed by atoms with Crippen molar-refractivity contribution in [3.05, 3.63) is 71.1 Å². The Hall–Kier alpha value is -3.17. The van der Waals surface area contributed by atoms with Gasteiger partial charge in [-0.05, 0) is 75.2 Å². The zero-order valence-corrected chi connectivity index (χ0v) is 18.8. The molecule has 0 saturated carbocycles. The summed E-state index contributed by atoms with van der Waals surface area (Å²) in [6.07, 6.45) is 1.77. The number of sulfonamides is 1. The van der Waals surface area contributed by atoms with E-state index < -0.39 is 10.0 Å². The maximum Gasteiger partial charge on any atom is 0.255 e. The van der Waals surface area contributed by atoms with Crippen LogP contribution in [0.5, 0.6) is 5.75 Å². The number of benzene rings is 2. The SMILES string of the molecule is Cc1noc(C)c1COc1ccc(C(=O)Nc2ccc(S(=O)(=O)N3CCCC3)cc2)cc1. The summed E-state index contributed by atoms with van der Waals surface area (Å²) in [4.78, 5) is 12.8. The molecule has 168 valence electrons. The number of anilines is 1. The molecule has 9 heteroatoms. The van der Waals surface area contributed by atoms with Crippen LogP contribution in [-0.2, 0) is 16.6 Å². The van der Waals surface area contributed by atoms with Gasteiger partial charge >= 0.3 is 0 Å². The molecule has 32 heavy (non-hydrogen) atoms. The second kappa shape index (κ2) is 9.13. The molecule has 2 heterocycles. The maximum absolute atomic E-state index is 12.6. The molecule has 0 radical (unpaired) electrons. The van der Waals surface area contributed by atoms with Gasteiger partial charge in [-0.2, -0.15) is 4.31 Å². The number of amides is 1. The van der Waals surface area contributed by atoms with Crippen LogP contribution < -0.4 is 10.1 Å². The van der Waals surface area contributed by atoms with Crippen molar-refractivity contribution in [3.63, 3.8) is 0 Å². The Morgan fingerprint density at radius 1 is 1.06 bits per heavy atom. The Morgan fingerprint density at radius 2 is 1.72 bits per heavy atom. The molecular formula is C23H25N3O5S. The molecule has 8 nitrogen and oxygen atoms in total. The minimum absolute atomic E-state index is 0.234. The lowest BCUT2D eigenvalue weighted by Crippen LogP contribution is -2.27. The second-order valence-electron chi connectivity index (χ2n) is 7.71. The highest BCUT2D eigenvalue weighted by molar-refractivity contribution is 7.89. The van der Waals surface area contributed by atoms with Crippen molar-refractivity contribution in [2.75, 3.05) is 18.4 Å². The number of carbonyl (C=O) groups is 1. The van der Waals surface area contributed by atoms with E-state index in [1.807, 2.05) is 13.8 Å². The van der Waals surface area contributed by atoms with Gasteiger partial charge in [0.25, 0.3) is 5.91 Å². The lowest BCUT2D eigenvalue weighted by atomic mass is 10.2. The summed E-state index contributed by atoms with van der Waals surface area (Å²) in [7, 11) is -3.47. The number of hydrogen-bond donors (Lipinski definition) is 1. The summed E-state index contributed by atoms with van der Waals surface area (Å²) in [5, 5.41) is 6.69. The van der Waals surface area contributed by atoms with Crippen LogP contribution in [0.2, 0.25) is 0 Å². The average Bonchev–Trinajstić information content (AvgIpc) is 3.44. The quantitative estimate of drug-likeness (QED) is 0.580. The number of nitrogens with zero attached hydrogens (tertiary/aromatic N) is 2. The van der Waals surface area contributed by atoms with E-state index in [0.29, 0.717) is 36.7 Å². The number of rotatable bonds is 7. The number of nitrogens with one attached hydrogen (secondary N) is 1. The lowest BCUT2D eigenvalue weighted by Gasteiger charge is -2.15. The van der Waals surface area contributed by atoms with Crippen LogP contribution in [0.15, 0.2) is 57.9 Å². The molecule has 1 aliphatic rings. The minimum Gasteiger partial charge on any atom is -0.489 e. The number of aromatic nitrogens is 1. The van der Waals surface area contributed by atoms with Crippen LogP contribution in [-0.4, -0.2) is 36.9 Å². The van der Waals surface area contributed by atoms with E-state index in [1.165, 1.54) is 16.4 Å². The van der Waals surface area contributed by atoms with Crippen molar-refractivity contribution in [1.29, 1.82) is 0 Å². The van der Waals surface area contributed by atoms with E-state index in [-0.39, 0.29) is 10.8 Å². The molecule has 3 aromatic rings. The van der Waals surface area contributed by atoms with E-state index >= 15 is 0 Å². The fourth-order valence-corrected chi connectivity index (χ4v) is 5.07. The van der Waals surface area contributed by atoms with E-state index in [9.17, 15) is 13.2 Å². The lowest BCUT2D eigenvalue weighted by molar-refractivity contribution is 0.102. The molecule has 1 amide bonds. The van der Waals surface area contributed by atoms with Crippen molar-refractivity contribution < 1.29 is 22.5 Å². The highest BCUT2D eigenvalue weighted by atomic mass is 32.2. The van der Waals surface area contributed by atoms with Gasteiger partial charge in [-0.3, -0.25) is 4.79 Å². The molecule has 0 spiro atoms. The first-order chi connectivity index (χ1) is 15.3. The summed E-state index contributed by atoms with van der Waals surface area (Å²) in [6.45, 7) is 5.13. The maximum atomic E-state index is 12.6. The number of hydrogen-bond acceptors (Lipinski definition) is 6. The third-order valence-corrected chi connectivity index (χ3v) is 7.41. The van der Waals surface area contributed by atoms with Crippen molar-refractivity contribution in [2.24, 2.45) is 0 Å². The molecule has 1 N–H and O–H groups in total. The van der Waals surface area contributed by atoms with Gasteiger partial charge < -0.3 is 14.6 Å². The topological polar surface area (TPSA) is 102 Å². The van der Waals surface area contributed by atoms with Gasteiger partial charge in [-0.25, -0.2) is 8.42 Å². The van der Waals surface area contributed by atoms with Crippen LogP contribution in [0.4, 0.5) is 5.69 Å². The Kier molecular flexibility index (Phi) is 6.29. The first-order valence-corrected chi connectivity index (χ1v) is 11.8. The van der Waals surface area contributed by atoms with Crippen LogP contribution in [0.1, 0.15) is 40.2 Å². The molecule has 2 aromatic carbocycles. The summed E-state index contributed by atoms with van der Waals surface area (Å²) < 4.78 is 37.6. The van der Waals surface area contributed by atoms with Gasteiger partial charge in [-0.1, -0.05) is 5.16 Å². The molecule has 1 saturated heterocycles. The van der Waals surface area contributed by atoms with E-state index in [2.05, 4.69) is 10.5 Å². The van der Waals surface area contributed by atoms with Crippen LogP contribution in [0, 0.1) is 13.8 Å². The fourth-order valence-electron chi connectivity index (χ4n) is 3.56. The van der Waals surface area contributed by atoms with Crippen LogP contribution >= 0.6 is 0 Å². The van der Waals surface area contributed by atoms with Crippen LogP contribution in [0.25, 0.3) is 0 Å². The average molecular weight is 456 g/mol. The van der Waals surface area contributed by atoms with Crippen molar-refractivity contribution >= 4 is 21.6 Å². The smallest absolute Gasteiger partial charge is 0.255 e. The van der Waals surface area contributed by atoms with E-state index in [0.717, 1.165) is 29.9 Å². The summed E-state index contributed by atoms with van der Waals surface area (Å²) in [5.41, 5.74) is 2.68. The Labute approximate surface area is 187 Å². The number of ether oxygens (including phenoxy) is 1. The zero-order chi connectivity index (χ0) is 22.7. The van der Waals surface area contributed by atoms with Crippen LogP contribution in [0.3, 0.4) is 0 Å². The molecular weight excluding hydrogens is 430 g/mol. The van der Waals surface area contributed by atoms with Gasteiger partial charge in [-0.15, -0.1) is 0 Å². The molecule has 1 aromatic heterocycles. The third kappa shape index (κ3) is 4.68. The Bertz CT molecular complexity index is 1180. The predicted molar refractivity (Wildman–Crippen MR) is 119 cm³/mol. The zero-order valence-electron chi connectivity index (χ0n) is 18.0. The number of aryl methyl sites for hydroxylation is 2. The molecule has 4 rings (SSSR count). The standard InChI is InChI=1S/C23H25N3O5S/c1-16-22(17(2)31-25-16)15-30-20-9-5-18(6-10-20)23(27)24-19-7-11-21(12-8-19)32(28,29)26-13-3-4-14-26/h5-12H,3-4,13-15H2,1-2H3,(H,24,27). The van der Waals surface area contributed by atoms with Gasteiger partial charge in [0.15, 0.2) is 0 Å². The summed E-state index contributed by atoms with van der Waals surface area (Å²) in [5.74, 6) is 1.05. The largest absolute Gasteiger partial charge is 0.489 e. The Morgan fingerprint density at radius 3 is 2.31 bits per heavy atom. The number of carbonyl (C=O) groups excluding carboxylic acids is 1.